The van der Waals surface area contributed by atoms with Crippen molar-refractivity contribution in [3.05, 3.63) is 92.8 Å². The molecule has 2 aromatic carbocycles. The highest BCUT2D eigenvalue weighted by molar-refractivity contribution is 7.18. The molecule has 0 amide bonds. The molecule has 0 saturated heterocycles. The number of aromatic nitrogens is 4. The maximum absolute atomic E-state index is 13.7. The van der Waals surface area contributed by atoms with Crippen molar-refractivity contribution in [2.24, 2.45) is 0 Å². The third kappa shape index (κ3) is 2.77. The largest absolute Gasteiger partial charge is 0.285 e. The van der Waals surface area contributed by atoms with Crippen molar-refractivity contribution >= 4 is 33.1 Å². The molecule has 5 aromatic rings. The van der Waals surface area contributed by atoms with Crippen LogP contribution >= 0.6 is 11.3 Å². The van der Waals surface area contributed by atoms with Crippen LogP contribution in [0, 0.1) is 0 Å². The lowest BCUT2D eigenvalue weighted by molar-refractivity contribution is 0.102. The van der Waals surface area contributed by atoms with Crippen molar-refractivity contribution in [2.75, 3.05) is 0 Å². The predicted molar refractivity (Wildman–Crippen MR) is 120 cm³/mol. The molecule has 0 fully saturated rings. The molecule has 0 saturated carbocycles. The number of fused-ring (bicyclic) bond motifs is 4. The van der Waals surface area contributed by atoms with Crippen molar-refractivity contribution in [3.63, 3.8) is 0 Å². The van der Waals surface area contributed by atoms with E-state index in [-0.39, 0.29) is 17.2 Å². The zero-order chi connectivity index (χ0) is 20.9. The molecule has 0 spiro atoms. The first-order chi connectivity index (χ1) is 15.2. The van der Waals surface area contributed by atoms with Gasteiger partial charge >= 0.3 is 0 Å². The minimum Gasteiger partial charge on any atom is -0.285 e. The topological polar surface area (TPSA) is 69.3 Å². The summed E-state index contributed by atoms with van der Waals surface area (Å²) in [6.07, 6.45) is 4.07. The smallest absolute Gasteiger partial charge is 0.270 e. The standard InChI is InChI=1S/C24H18N4O2S/c29-20(15-9-3-1-4-10-15)21-26-28(16-11-5-2-6-12-16)24-25-22-19(23(30)27(21)24)17-13-7-8-14-18(17)31-22/h1-6,9-12H,7-8,13-14H2. The second kappa shape index (κ2) is 6.99. The summed E-state index contributed by atoms with van der Waals surface area (Å²) in [7, 11) is 0. The molecule has 6 nitrogen and oxygen atoms in total. The Hall–Kier alpha value is -3.58. The van der Waals surface area contributed by atoms with E-state index in [1.54, 1.807) is 40.3 Å². The highest BCUT2D eigenvalue weighted by Gasteiger charge is 2.26. The average molecular weight is 427 g/mol. The van der Waals surface area contributed by atoms with Crippen LogP contribution in [0.15, 0.2) is 65.5 Å². The summed E-state index contributed by atoms with van der Waals surface area (Å²) in [5.74, 6) is 0.148. The van der Waals surface area contributed by atoms with Crippen LogP contribution in [0.2, 0.25) is 0 Å². The van der Waals surface area contributed by atoms with Crippen LogP contribution in [0.5, 0.6) is 0 Å². The normalized spacial score (nSPS) is 13.5. The number of rotatable bonds is 3. The number of aryl methyl sites for hydroxylation is 2. The van der Waals surface area contributed by atoms with Gasteiger partial charge in [0.2, 0.25) is 17.4 Å². The minimum atomic E-state index is -0.298. The van der Waals surface area contributed by atoms with Gasteiger partial charge in [0.15, 0.2) is 0 Å². The first kappa shape index (κ1) is 18.2. The highest BCUT2D eigenvalue weighted by atomic mass is 32.1. The molecule has 1 aliphatic rings. The number of nitrogens with zero attached hydrogens (tertiary/aromatic N) is 4. The fourth-order valence-corrected chi connectivity index (χ4v) is 5.57. The van der Waals surface area contributed by atoms with Crippen molar-refractivity contribution in [1.82, 2.24) is 19.2 Å². The lowest BCUT2D eigenvalue weighted by Crippen LogP contribution is -2.20. The fourth-order valence-electron chi connectivity index (χ4n) is 4.32. The zero-order valence-corrected chi connectivity index (χ0v) is 17.4. The van der Waals surface area contributed by atoms with Crippen molar-refractivity contribution < 1.29 is 4.79 Å². The van der Waals surface area contributed by atoms with Crippen LogP contribution in [0.1, 0.15) is 39.5 Å². The van der Waals surface area contributed by atoms with Crippen LogP contribution in [0.4, 0.5) is 0 Å². The van der Waals surface area contributed by atoms with E-state index in [4.69, 9.17) is 4.98 Å². The van der Waals surface area contributed by atoms with E-state index in [1.807, 2.05) is 36.4 Å². The van der Waals surface area contributed by atoms with Gasteiger partial charge in [-0.15, -0.1) is 16.4 Å². The number of thiophene rings is 1. The van der Waals surface area contributed by atoms with Gasteiger partial charge in [0.25, 0.3) is 5.56 Å². The van der Waals surface area contributed by atoms with E-state index in [0.717, 1.165) is 41.8 Å². The molecule has 152 valence electrons. The number of carbonyl (C=O) groups excluding carboxylic acids is 1. The predicted octanol–water partition coefficient (Wildman–Crippen LogP) is 4.20. The molecule has 6 rings (SSSR count). The molecule has 7 heteroatoms. The molecule has 0 radical (unpaired) electrons. The summed E-state index contributed by atoms with van der Waals surface area (Å²) < 4.78 is 2.99. The first-order valence-electron chi connectivity index (χ1n) is 10.3. The summed E-state index contributed by atoms with van der Waals surface area (Å²) in [6.45, 7) is 0. The van der Waals surface area contributed by atoms with E-state index < -0.39 is 0 Å². The van der Waals surface area contributed by atoms with Gasteiger partial charge in [0.05, 0.1) is 11.1 Å². The van der Waals surface area contributed by atoms with Gasteiger partial charge in [0, 0.05) is 10.4 Å². The Balaban J connectivity index is 1.71. The van der Waals surface area contributed by atoms with Crippen LogP contribution in [-0.4, -0.2) is 24.9 Å². The maximum Gasteiger partial charge on any atom is 0.270 e. The van der Waals surface area contributed by atoms with Gasteiger partial charge in [-0.25, -0.2) is 9.38 Å². The number of benzene rings is 2. The van der Waals surface area contributed by atoms with Gasteiger partial charge in [-0.1, -0.05) is 48.5 Å². The molecular formula is C24H18N4O2S. The van der Waals surface area contributed by atoms with Crippen LogP contribution < -0.4 is 5.56 Å². The number of hydrogen-bond acceptors (Lipinski definition) is 5. The van der Waals surface area contributed by atoms with Crippen LogP contribution in [0.25, 0.3) is 21.7 Å². The zero-order valence-electron chi connectivity index (χ0n) is 16.6. The third-order valence-electron chi connectivity index (χ3n) is 5.81. The number of ketones is 1. The molecule has 3 aromatic heterocycles. The maximum atomic E-state index is 13.7. The Bertz CT molecular complexity index is 1510. The van der Waals surface area contributed by atoms with E-state index in [2.05, 4.69) is 5.10 Å². The molecule has 0 atom stereocenters. The van der Waals surface area contributed by atoms with Gasteiger partial charge in [-0.2, -0.15) is 4.68 Å². The van der Waals surface area contributed by atoms with Crippen LogP contribution in [0.3, 0.4) is 0 Å². The molecule has 0 bridgehead atoms. The summed E-state index contributed by atoms with van der Waals surface area (Å²) in [4.78, 5) is 33.9. The van der Waals surface area contributed by atoms with Gasteiger partial charge in [-0.05, 0) is 43.4 Å². The van der Waals surface area contributed by atoms with Gasteiger partial charge < -0.3 is 0 Å². The number of para-hydroxylation sites is 1. The van der Waals surface area contributed by atoms with E-state index in [0.29, 0.717) is 16.7 Å². The second-order valence-corrected chi connectivity index (χ2v) is 8.79. The fraction of sp³-hybridized carbons (Fsp3) is 0.167. The Morgan fingerprint density at radius 1 is 0.935 bits per heavy atom. The minimum absolute atomic E-state index is 0.0835. The van der Waals surface area contributed by atoms with Crippen LogP contribution in [-0.2, 0) is 12.8 Å². The molecule has 31 heavy (non-hydrogen) atoms. The summed E-state index contributed by atoms with van der Waals surface area (Å²) in [6, 6.07) is 18.4. The van der Waals surface area contributed by atoms with Gasteiger partial charge in [0.1, 0.15) is 4.83 Å². The quantitative estimate of drug-likeness (QED) is 0.406. The summed E-state index contributed by atoms with van der Waals surface area (Å²) in [5, 5.41) is 5.23. The lowest BCUT2D eigenvalue weighted by Gasteiger charge is -2.09. The Labute approximate surface area is 181 Å². The van der Waals surface area contributed by atoms with E-state index >= 15 is 0 Å². The van der Waals surface area contributed by atoms with Crippen molar-refractivity contribution in [2.45, 2.75) is 25.7 Å². The summed E-state index contributed by atoms with van der Waals surface area (Å²) >= 11 is 1.60. The summed E-state index contributed by atoms with van der Waals surface area (Å²) in [5.41, 5.74) is 2.13. The van der Waals surface area contributed by atoms with Crippen molar-refractivity contribution in [1.29, 1.82) is 0 Å². The Morgan fingerprint density at radius 3 is 2.42 bits per heavy atom. The molecule has 0 aliphatic heterocycles. The molecular weight excluding hydrogens is 408 g/mol. The van der Waals surface area contributed by atoms with E-state index in [9.17, 15) is 9.59 Å². The highest BCUT2D eigenvalue weighted by Crippen LogP contribution is 2.34. The number of hydrogen-bond donors (Lipinski definition) is 0. The molecule has 3 heterocycles. The Kier molecular flexibility index (Phi) is 4.11. The number of carbonyl (C=O) groups is 1. The molecule has 0 N–H and O–H groups in total. The van der Waals surface area contributed by atoms with E-state index in [1.165, 1.54) is 9.28 Å². The molecule has 1 aliphatic carbocycles. The van der Waals surface area contributed by atoms with Crippen molar-refractivity contribution in [3.8, 4) is 5.69 Å². The molecule has 0 unspecified atom stereocenters. The monoisotopic (exact) mass is 426 g/mol. The Morgan fingerprint density at radius 2 is 1.65 bits per heavy atom. The second-order valence-electron chi connectivity index (χ2n) is 7.71. The SMILES string of the molecule is O=C(c1ccccc1)c1nn(-c2ccccc2)c2nc3sc4c(c3c(=O)n12)CCCC4. The third-order valence-corrected chi connectivity index (χ3v) is 6.99. The average Bonchev–Trinajstić information content (AvgIpc) is 3.39. The lowest BCUT2D eigenvalue weighted by atomic mass is 9.97. The first-order valence-corrected chi connectivity index (χ1v) is 11.2. The van der Waals surface area contributed by atoms with Gasteiger partial charge in [-0.3, -0.25) is 9.59 Å².